The van der Waals surface area contributed by atoms with E-state index in [0.29, 0.717) is 17.3 Å². The van der Waals surface area contributed by atoms with Crippen molar-refractivity contribution in [3.05, 3.63) is 16.4 Å². The van der Waals surface area contributed by atoms with E-state index < -0.39 is 0 Å². The van der Waals surface area contributed by atoms with Crippen molar-refractivity contribution < 1.29 is 4.79 Å². The number of nitriles is 1. The summed E-state index contributed by atoms with van der Waals surface area (Å²) in [5.74, 6) is 0.663. The molecule has 6 nitrogen and oxygen atoms in total. The number of anilines is 1. The molecule has 7 heteroatoms. The molecule has 1 aromatic heterocycles. The number of amides is 1. The van der Waals surface area contributed by atoms with Crippen molar-refractivity contribution in [2.24, 2.45) is 0 Å². The molecule has 0 spiro atoms. The van der Waals surface area contributed by atoms with Crippen LogP contribution in [0.4, 0.5) is 5.82 Å². The fourth-order valence-electron chi connectivity index (χ4n) is 1.65. The number of carbonyl (C=O) groups excluding carboxylic acids is 1. The van der Waals surface area contributed by atoms with Gasteiger partial charge in [0, 0.05) is 18.7 Å². The van der Waals surface area contributed by atoms with Crippen molar-refractivity contribution in [1.29, 1.82) is 5.26 Å². The fraction of sp³-hybridized carbons (Fsp3) is 0.400. The molecule has 0 fully saturated rings. The van der Waals surface area contributed by atoms with Gasteiger partial charge in [-0.05, 0) is 0 Å². The Labute approximate surface area is 102 Å². The topological polar surface area (TPSA) is 87.8 Å². The van der Waals surface area contributed by atoms with Crippen LogP contribution in [0, 0.1) is 11.3 Å². The Morgan fingerprint density at radius 2 is 2.59 bits per heavy atom. The molecular formula is C10H10N4O2S. The van der Waals surface area contributed by atoms with Gasteiger partial charge in [0.05, 0.1) is 18.5 Å². The van der Waals surface area contributed by atoms with Gasteiger partial charge in [-0.1, -0.05) is 11.8 Å². The van der Waals surface area contributed by atoms with Gasteiger partial charge in [0.1, 0.15) is 5.82 Å². The zero-order chi connectivity index (χ0) is 12.4. The van der Waals surface area contributed by atoms with Crippen LogP contribution in [0.5, 0.6) is 0 Å². The van der Waals surface area contributed by atoms with Crippen LogP contribution in [0.15, 0.2) is 16.0 Å². The quantitative estimate of drug-likeness (QED) is 0.783. The number of nitrogens with zero attached hydrogens (tertiary/aromatic N) is 3. The minimum atomic E-state index is -0.265. The van der Waals surface area contributed by atoms with Gasteiger partial charge in [-0.25, -0.2) is 4.98 Å². The van der Waals surface area contributed by atoms with Crippen LogP contribution in [-0.2, 0) is 4.79 Å². The molecule has 2 rings (SSSR count). The molecule has 0 saturated carbocycles. The maximum absolute atomic E-state index is 11.8. The lowest BCUT2D eigenvalue weighted by Crippen LogP contribution is -2.25. The van der Waals surface area contributed by atoms with E-state index in [9.17, 15) is 9.59 Å². The Morgan fingerprint density at radius 3 is 3.24 bits per heavy atom. The van der Waals surface area contributed by atoms with Crippen LogP contribution < -0.4 is 10.9 Å². The normalized spacial score (nSPS) is 17.3. The largest absolute Gasteiger partial charge is 0.311 e. The van der Waals surface area contributed by atoms with E-state index in [-0.39, 0.29) is 23.3 Å². The van der Waals surface area contributed by atoms with Gasteiger partial charge >= 0.3 is 0 Å². The number of fused-ring (bicyclic) bond motifs is 1. The van der Waals surface area contributed by atoms with Crippen LogP contribution in [0.1, 0.15) is 19.4 Å². The molecule has 0 aliphatic carbocycles. The summed E-state index contributed by atoms with van der Waals surface area (Å²) >= 11 is 1.42. The molecule has 1 amide bonds. The van der Waals surface area contributed by atoms with Gasteiger partial charge < -0.3 is 5.32 Å². The Bertz CT molecular complexity index is 560. The molecule has 0 saturated heterocycles. The van der Waals surface area contributed by atoms with Gasteiger partial charge in [0.2, 0.25) is 5.91 Å². The van der Waals surface area contributed by atoms with Crippen LogP contribution >= 0.6 is 11.8 Å². The first kappa shape index (κ1) is 11.7. The number of hydrogen-bond acceptors (Lipinski definition) is 5. The fourth-order valence-corrected chi connectivity index (χ4v) is 2.80. The summed E-state index contributed by atoms with van der Waals surface area (Å²) in [5, 5.41) is 11.7. The van der Waals surface area contributed by atoms with Crippen molar-refractivity contribution in [3.8, 4) is 6.07 Å². The van der Waals surface area contributed by atoms with Crippen molar-refractivity contribution in [2.45, 2.75) is 24.5 Å². The second kappa shape index (κ2) is 4.59. The van der Waals surface area contributed by atoms with Crippen molar-refractivity contribution in [2.75, 3.05) is 11.1 Å². The highest BCUT2D eigenvalue weighted by Crippen LogP contribution is 2.32. The number of aromatic nitrogens is 2. The first-order valence-corrected chi connectivity index (χ1v) is 6.01. The van der Waals surface area contributed by atoms with Crippen molar-refractivity contribution in [3.63, 3.8) is 0 Å². The molecule has 17 heavy (non-hydrogen) atoms. The zero-order valence-electron chi connectivity index (χ0n) is 9.14. The minimum absolute atomic E-state index is 0.119. The highest BCUT2D eigenvalue weighted by Gasteiger charge is 2.25. The lowest BCUT2D eigenvalue weighted by molar-refractivity contribution is -0.114. The lowest BCUT2D eigenvalue weighted by atomic mass is 10.2. The average molecular weight is 250 g/mol. The molecule has 1 aliphatic rings. The highest BCUT2D eigenvalue weighted by molar-refractivity contribution is 7.99. The highest BCUT2D eigenvalue weighted by atomic mass is 32.2. The number of carbonyl (C=O) groups is 1. The molecule has 88 valence electrons. The van der Waals surface area contributed by atoms with Crippen molar-refractivity contribution in [1.82, 2.24) is 9.55 Å². The molecule has 1 atom stereocenters. The van der Waals surface area contributed by atoms with E-state index in [0.717, 1.165) is 0 Å². The summed E-state index contributed by atoms with van der Waals surface area (Å²) in [6, 6.07) is 3.21. The zero-order valence-corrected chi connectivity index (χ0v) is 9.95. The third-order valence-corrected chi connectivity index (χ3v) is 3.42. The Hall–Kier alpha value is -1.81. The molecule has 1 unspecified atom stereocenters. The summed E-state index contributed by atoms with van der Waals surface area (Å²) in [6.07, 6.45) is 0.293. The second-order valence-corrected chi connectivity index (χ2v) is 4.63. The van der Waals surface area contributed by atoms with E-state index >= 15 is 0 Å². The van der Waals surface area contributed by atoms with Crippen LogP contribution in [0.2, 0.25) is 0 Å². The predicted molar refractivity (Wildman–Crippen MR) is 62.8 cm³/mol. The second-order valence-electron chi connectivity index (χ2n) is 3.64. The van der Waals surface area contributed by atoms with E-state index in [1.54, 1.807) is 0 Å². The summed E-state index contributed by atoms with van der Waals surface area (Å²) in [4.78, 5) is 26.9. The van der Waals surface area contributed by atoms with Gasteiger partial charge in [-0.2, -0.15) is 5.26 Å². The summed E-state index contributed by atoms with van der Waals surface area (Å²) in [7, 11) is 0. The van der Waals surface area contributed by atoms with Gasteiger partial charge in [-0.15, -0.1) is 0 Å². The van der Waals surface area contributed by atoms with E-state index in [1.165, 1.54) is 29.3 Å². The Morgan fingerprint density at radius 1 is 1.82 bits per heavy atom. The number of rotatable bonds is 2. The molecule has 0 radical (unpaired) electrons. The minimum Gasteiger partial charge on any atom is -0.311 e. The van der Waals surface area contributed by atoms with Gasteiger partial charge in [-0.3, -0.25) is 14.2 Å². The van der Waals surface area contributed by atoms with Crippen LogP contribution in [0.3, 0.4) is 0 Å². The van der Waals surface area contributed by atoms with Gasteiger partial charge in [0.15, 0.2) is 5.16 Å². The number of hydrogen-bond donors (Lipinski definition) is 1. The monoisotopic (exact) mass is 250 g/mol. The number of nitrogens with one attached hydrogen (secondary N) is 1. The molecule has 1 aliphatic heterocycles. The summed E-state index contributed by atoms with van der Waals surface area (Å²) < 4.78 is 1.51. The van der Waals surface area contributed by atoms with E-state index in [2.05, 4.69) is 16.4 Å². The molecule has 2 heterocycles. The third-order valence-electron chi connectivity index (χ3n) is 2.32. The first-order valence-electron chi connectivity index (χ1n) is 5.02. The third kappa shape index (κ3) is 2.31. The summed E-state index contributed by atoms with van der Waals surface area (Å²) in [6.45, 7) is 1.36. The SMILES string of the molecule is CC(=O)Nc1cc(=O)n2c(n1)SCC2CC#N. The number of thioether (sulfide) groups is 1. The van der Waals surface area contributed by atoms with Crippen molar-refractivity contribution >= 4 is 23.5 Å². The maximum atomic E-state index is 11.8. The van der Waals surface area contributed by atoms with E-state index in [4.69, 9.17) is 5.26 Å². The molecule has 1 aromatic rings. The molecule has 0 bridgehead atoms. The van der Waals surface area contributed by atoms with Crippen LogP contribution in [0.25, 0.3) is 0 Å². The predicted octanol–water partition coefficient (Wildman–Crippen LogP) is 0.762. The maximum Gasteiger partial charge on any atom is 0.256 e. The van der Waals surface area contributed by atoms with Gasteiger partial charge in [0.25, 0.3) is 5.56 Å². The summed E-state index contributed by atoms with van der Waals surface area (Å²) in [5.41, 5.74) is -0.232. The molecular weight excluding hydrogens is 240 g/mol. The van der Waals surface area contributed by atoms with E-state index in [1.807, 2.05) is 0 Å². The molecule has 1 N–H and O–H groups in total. The molecule has 0 aromatic carbocycles. The standard InChI is InChI=1S/C10H10N4O2S/c1-6(15)12-8-4-9(16)14-7(2-3-11)5-17-10(14)13-8/h4,7H,2,5H2,1H3,(H,12,15). The smallest absolute Gasteiger partial charge is 0.256 e. The Kier molecular flexibility index (Phi) is 3.15. The average Bonchev–Trinajstić information content (AvgIpc) is 2.61. The first-order chi connectivity index (χ1) is 8.11. The Balaban J connectivity index is 2.39. The lowest BCUT2D eigenvalue weighted by Gasteiger charge is -2.09. The van der Waals surface area contributed by atoms with Crippen LogP contribution in [-0.4, -0.2) is 21.2 Å².